The number of rotatable bonds is 7. The Kier molecular flexibility index (Phi) is 6.02. The van der Waals surface area contributed by atoms with Crippen LogP contribution in [0.2, 0.25) is 0 Å². The number of nitrogens with one attached hydrogen (secondary N) is 1. The van der Waals surface area contributed by atoms with Gasteiger partial charge in [0.1, 0.15) is 0 Å². The first-order valence-electron chi connectivity index (χ1n) is 10.3. The van der Waals surface area contributed by atoms with Gasteiger partial charge in [-0.3, -0.25) is 0 Å². The topological polar surface area (TPSA) is 51.6 Å². The largest absolute Gasteiger partial charge is 0.391 e. The number of aromatic nitrogens is 1. The van der Waals surface area contributed by atoms with Crippen molar-refractivity contribution in [1.29, 1.82) is 0 Å². The van der Waals surface area contributed by atoms with Crippen LogP contribution in [0.25, 0.3) is 11.3 Å². The summed E-state index contributed by atoms with van der Waals surface area (Å²) in [5, 5.41) is 16.1. The van der Waals surface area contributed by atoms with Crippen molar-refractivity contribution in [2.75, 3.05) is 41.3 Å². The molecule has 2 N–H and O–H groups in total. The van der Waals surface area contributed by atoms with Crippen LogP contribution in [0.1, 0.15) is 20.3 Å². The molecule has 3 aromatic rings. The van der Waals surface area contributed by atoms with Crippen molar-refractivity contribution in [3.8, 4) is 11.3 Å². The van der Waals surface area contributed by atoms with Crippen molar-refractivity contribution in [2.24, 2.45) is 0 Å². The summed E-state index contributed by atoms with van der Waals surface area (Å²) < 4.78 is 0. The van der Waals surface area contributed by atoms with Crippen LogP contribution < -0.4 is 15.1 Å². The molecule has 1 saturated heterocycles. The summed E-state index contributed by atoms with van der Waals surface area (Å²) in [6.07, 6.45) is 0.639. The van der Waals surface area contributed by atoms with Crippen molar-refractivity contribution in [3.05, 3.63) is 53.9 Å². The number of aliphatic hydroxyl groups is 1. The fourth-order valence-corrected chi connectivity index (χ4v) is 4.49. The van der Waals surface area contributed by atoms with E-state index in [0.717, 1.165) is 60.4 Å². The quantitative estimate of drug-likeness (QED) is 0.578. The zero-order valence-electron chi connectivity index (χ0n) is 17.0. The third-order valence-electron chi connectivity index (χ3n) is 5.44. The second-order valence-electron chi connectivity index (χ2n) is 7.32. The van der Waals surface area contributed by atoms with E-state index in [1.165, 1.54) is 5.69 Å². The Labute approximate surface area is 176 Å². The fourth-order valence-electron chi connectivity index (χ4n) is 3.75. The summed E-state index contributed by atoms with van der Waals surface area (Å²) in [6.45, 7) is 8.01. The number of thiazole rings is 1. The maximum absolute atomic E-state index is 9.71. The van der Waals surface area contributed by atoms with Gasteiger partial charge in [0, 0.05) is 54.2 Å². The monoisotopic (exact) mass is 408 g/mol. The normalized spacial score (nSPS) is 16.2. The molecule has 1 aliphatic heterocycles. The lowest BCUT2D eigenvalue weighted by atomic mass is 10.1. The van der Waals surface area contributed by atoms with Gasteiger partial charge in [-0.1, -0.05) is 12.1 Å². The fraction of sp³-hybridized carbons (Fsp3) is 0.348. The zero-order chi connectivity index (χ0) is 20.2. The standard InChI is InChI=1S/C23H28N4OS/c1-3-26(4-2)19-9-5-17(6-10-19)22-16-29-23(25-22)24-18-7-11-20(12-8-18)27-14-13-21(28)15-27/h5-12,16,21,28H,3-4,13-15H2,1-2H3,(H,24,25). The molecule has 0 bridgehead atoms. The molecule has 1 fully saturated rings. The van der Waals surface area contributed by atoms with Gasteiger partial charge in [0.2, 0.25) is 0 Å². The van der Waals surface area contributed by atoms with Gasteiger partial charge < -0.3 is 20.2 Å². The molecule has 0 spiro atoms. The summed E-state index contributed by atoms with van der Waals surface area (Å²) in [4.78, 5) is 9.31. The van der Waals surface area contributed by atoms with Gasteiger partial charge in [0.15, 0.2) is 5.13 Å². The number of hydrogen-bond donors (Lipinski definition) is 2. The molecule has 5 nitrogen and oxygen atoms in total. The van der Waals surface area contributed by atoms with Gasteiger partial charge in [0.25, 0.3) is 0 Å². The Bertz CT molecular complexity index is 919. The van der Waals surface area contributed by atoms with E-state index in [2.05, 4.69) is 82.9 Å². The van der Waals surface area contributed by atoms with Crippen molar-refractivity contribution in [3.63, 3.8) is 0 Å². The molecule has 1 aromatic heterocycles. The first-order chi connectivity index (χ1) is 14.2. The summed E-state index contributed by atoms with van der Waals surface area (Å²) >= 11 is 1.61. The number of nitrogens with zero attached hydrogens (tertiary/aromatic N) is 3. The highest BCUT2D eigenvalue weighted by Gasteiger charge is 2.20. The summed E-state index contributed by atoms with van der Waals surface area (Å²) in [7, 11) is 0. The van der Waals surface area contributed by atoms with Crippen LogP contribution >= 0.6 is 11.3 Å². The maximum Gasteiger partial charge on any atom is 0.187 e. The van der Waals surface area contributed by atoms with Gasteiger partial charge in [-0.2, -0.15) is 0 Å². The molecular weight excluding hydrogens is 380 g/mol. The van der Waals surface area contributed by atoms with E-state index in [-0.39, 0.29) is 6.10 Å². The van der Waals surface area contributed by atoms with Crippen LogP contribution in [0.5, 0.6) is 0 Å². The van der Waals surface area contributed by atoms with Crippen LogP contribution in [0.4, 0.5) is 22.2 Å². The van der Waals surface area contributed by atoms with Crippen molar-refractivity contribution >= 4 is 33.5 Å². The van der Waals surface area contributed by atoms with E-state index < -0.39 is 0 Å². The highest BCUT2D eigenvalue weighted by molar-refractivity contribution is 7.14. The lowest BCUT2D eigenvalue weighted by Crippen LogP contribution is -2.21. The third-order valence-corrected chi connectivity index (χ3v) is 6.20. The van der Waals surface area contributed by atoms with Crippen LogP contribution in [0, 0.1) is 0 Å². The molecule has 4 rings (SSSR count). The number of benzene rings is 2. The van der Waals surface area contributed by atoms with Crippen LogP contribution in [0.15, 0.2) is 53.9 Å². The second-order valence-corrected chi connectivity index (χ2v) is 8.18. The first kappa shape index (κ1) is 19.7. The molecule has 6 heteroatoms. The van der Waals surface area contributed by atoms with E-state index in [1.54, 1.807) is 11.3 Å². The molecule has 0 aliphatic carbocycles. The minimum absolute atomic E-state index is 0.206. The van der Waals surface area contributed by atoms with Gasteiger partial charge in [-0.05, 0) is 56.7 Å². The SMILES string of the molecule is CCN(CC)c1ccc(-c2csc(Nc3ccc(N4CCC(O)C4)cc3)n2)cc1. The van der Waals surface area contributed by atoms with E-state index in [4.69, 9.17) is 4.98 Å². The van der Waals surface area contributed by atoms with Crippen LogP contribution in [-0.2, 0) is 0 Å². The molecule has 2 aromatic carbocycles. The first-order valence-corrected chi connectivity index (χ1v) is 11.1. The molecule has 1 atom stereocenters. The zero-order valence-corrected chi connectivity index (χ0v) is 17.8. The predicted octanol–water partition coefficient (Wildman–Crippen LogP) is 4.97. The summed E-state index contributed by atoms with van der Waals surface area (Å²) in [6, 6.07) is 17.0. The number of hydrogen-bond acceptors (Lipinski definition) is 6. The van der Waals surface area contributed by atoms with Crippen molar-refractivity contribution < 1.29 is 5.11 Å². The molecule has 1 aliphatic rings. The minimum atomic E-state index is -0.206. The van der Waals surface area contributed by atoms with E-state index in [0.29, 0.717) is 0 Å². The Hall–Kier alpha value is -2.57. The summed E-state index contributed by atoms with van der Waals surface area (Å²) in [5.74, 6) is 0. The lowest BCUT2D eigenvalue weighted by molar-refractivity contribution is 0.198. The highest BCUT2D eigenvalue weighted by Crippen LogP contribution is 2.29. The number of anilines is 4. The average molecular weight is 409 g/mol. The number of β-amino-alcohol motifs (C(OH)–C–C–N with tert-alkyl or cyclic N) is 1. The van der Waals surface area contributed by atoms with Gasteiger partial charge >= 0.3 is 0 Å². The minimum Gasteiger partial charge on any atom is -0.391 e. The van der Waals surface area contributed by atoms with Gasteiger partial charge in [-0.25, -0.2) is 4.98 Å². The molecule has 0 amide bonds. The predicted molar refractivity (Wildman–Crippen MR) is 124 cm³/mol. The maximum atomic E-state index is 9.71. The van der Waals surface area contributed by atoms with Gasteiger partial charge in [-0.15, -0.1) is 11.3 Å². The lowest BCUT2D eigenvalue weighted by Gasteiger charge is -2.20. The van der Waals surface area contributed by atoms with E-state index >= 15 is 0 Å². The van der Waals surface area contributed by atoms with E-state index in [1.807, 2.05) is 0 Å². The Morgan fingerprint density at radius 1 is 1.10 bits per heavy atom. The Morgan fingerprint density at radius 3 is 2.45 bits per heavy atom. The third kappa shape index (κ3) is 4.54. The molecule has 152 valence electrons. The molecule has 2 heterocycles. The second kappa shape index (κ2) is 8.84. The van der Waals surface area contributed by atoms with Crippen LogP contribution in [0.3, 0.4) is 0 Å². The van der Waals surface area contributed by atoms with Crippen molar-refractivity contribution in [1.82, 2.24) is 4.98 Å². The Balaban J connectivity index is 1.41. The molecule has 0 saturated carbocycles. The smallest absolute Gasteiger partial charge is 0.187 e. The molecular formula is C23H28N4OS. The van der Waals surface area contributed by atoms with Gasteiger partial charge in [0.05, 0.1) is 11.8 Å². The molecule has 0 radical (unpaired) electrons. The van der Waals surface area contributed by atoms with Crippen molar-refractivity contribution in [2.45, 2.75) is 26.4 Å². The summed E-state index contributed by atoms with van der Waals surface area (Å²) in [5.41, 5.74) is 5.55. The average Bonchev–Trinajstić information content (AvgIpc) is 3.39. The number of aliphatic hydroxyl groups excluding tert-OH is 1. The highest BCUT2D eigenvalue weighted by atomic mass is 32.1. The molecule has 1 unspecified atom stereocenters. The van der Waals surface area contributed by atoms with Crippen LogP contribution in [-0.4, -0.2) is 42.4 Å². The molecule has 29 heavy (non-hydrogen) atoms. The Morgan fingerprint density at radius 2 is 1.83 bits per heavy atom. The van der Waals surface area contributed by atoms with E-state index in [9.17, 15) is 5.11 Å².